The Hall–Kier alpha value is -2.32. The standard InChI is InChI=1S/C14H13N5O2S/c1-22(20,21)19-5-3-9(8-19)13-12-10(7-17-18-13)6-16-14-11(12)2-4-15-14/h2-4,6-7H,5,8H2,1H3,(H,15,16). The van der Waals surface area contributed by atoms with Gasteiger partial charge in [-0.1, -0.05) is 6.08 Å². The van der Waals surface area contributed by atoms with Crippen LogP contribution in [0.15, 0.2) is 30.7 Å². The van der Waals surface area contributed by atoms with Crippen LogP contribution in [0.25, 0.3) is 27.4 Å². The highest BCUT2D eigenvalue weighted by atomic mass is 32.2. The zero-order chi connectivity index (χ0) is 15.3. The van der Waals surface area contributed by atoms with Crippen molar-refractivity contribution in [2.24, 2.45) is 0 Å². The van der Waals surface area contributed by atoms with Crippen molar-refractivity contribution in [1.29, 1.82) is 0 Å². The summed E-state index contributed by atoms with van der Waals surface area (Å²) in [5.74, 6) is 0. The van der Waals surface area contributed by atoms with Crippen LogP contribution >= 0.6 is 0 Å². The molecule has 7 nitrogen and oxygen atoms in total. The van der Waals surface area contributed by atoms with Gasteiger partial charge in [0, 0.05) is 41.6 Å². The number of pyridine rings is 1. The van der Waals surface area contributed by atoms with Gasteiger partial charge in [0.15, 0.2) is 0 Å². The van der Waals surface area contributed by atoms with Gasteiger partial charge in [-0.2, -0.15) is 14.5 Å². The Morgan fingerprint density at radius 1 is 1.32 bits per heavy atom. The van der Waals surface area contributed by atoms with Crippen LogP contribution in [-0.4, -0.2) is 52.2 Å². The minimum atomic E-state index is -3.21. The number of fused-ring (bicyclic) bond motifs is 3. The first-order valence-electron chi connectivity index (χ1n) is 6.76. The van der Waals surface area contributed by atoms with Crippen molar-refractivity contribution in [2.75, 3.05) is 19.3 Å². The molecule has 22 heavy (non-hydrogen) atoms. The molecule has 112 valence electrons. The number of H-pyrrole nitrogens is 1. The van der Waals surface area contributed by atoms with Gasteiger partial charge in [0.1, 0.15) is 5.65 Å². The Labute approximate surface area is 126 Å². The number of hydrogen-bond donors (Lipinski definition) is 1. The normalized spacial score (nSPS) is 16.5. The first-order chi connectivity index (χ1) is 10.5. The number of aromatic nitrogens is 4. The third kappa shape index (κ3) is 1.99. The Bertz CT molecular complexity index is 1020. The molecule has 0 saturated carbocycles. The van der Waals surface area contributed by atoms with E-state index >= 15 is 0 Å². The van der Waals surface area contributed by atoms with Crippen molar-refractivity contribution in [3.05, 3.63) is 36.4 Å². The van der Waals surface area contributed by atoms with E-state index in [2.05, 4.69) is 20.2 Å². The molecule has 4 rings (SSSR count). The fourth-order valence-corrected chi connectivity index (χ4v) is 3.48. The predicted molar refractivity (Wildman–Crippen MR) is 83.6 cm³/mol. The third-order valence-corrected chi connectivity index (χ3v) is 5.08. The molecule has 0 atom stereocenters. The van der Waals surface area contributed by atoms with E-state index in [1.165, 1.54) is 10.6 Å². The van der Waals surface area contributed by atoms with E-state index in [1.54, 1.807) is 12.4 Å². The van der Waals surface area contributed by atoms with Gasteiger partial charge in [0.05, 0.1) is 18.1 Å². The number of hydrogen-bond acceptors (Lipinski definition) is 5. The van der Waals surface area contributed by atoms with Gasteiger partial charge in [-0.15, -0.1) is 0 Å². The zero-order valence-electron chi connectivity index (χ0n) is 11.8. The van der Waals surface area contributed by atoms with E-state index in [0.717, 1.165) is 33.1 Å². The van der Waals surface area contributed by atoms with E-state index < -0.39 is 10.0 Å². The minimum absolute atomic E-state index is 0.320. The van der Waals surface area contributed by atoms with Crippen LogP contribution in [0.3, 0.4) is 0 Å². The maximum Gasteiger partial charge on any atom is 0.211 e. The number of rotatable bonds is 2. The molecule has 0 aliphatic carbocycles. The molecule has 1 aliphatic rings. The molecular weight excluding hydrogens is 302 g/mol. The summed E-state index contributed by atoms with van der Waals surface area (Å²) in [5.41, 5.74) is 2.37. The molecule has 8 heteroatoms. The van der Waals surface area contributed by atoms with E-state index in [1.807, 2.05) is 18.3 Å². The van der Waals surface area contributed by atoms with Crippen molar-refractivity contribution < 1.29 is 8.42 Å². The monoisotopic (exact) mass is 315 g/mol. The molecule has 3 aromatic heterocycles. The average Bonchev–Trinajstić information content (AvgIpc) is 3.15. The van der Waals surface area contributed by atoms with E-state index in [4.69, 9.17) is 0 Å². The van der Waals surface area contributed by atoms with Crippen LogP contribution in [-0.2, 0) is 10.0 Å². The molecule has 0 bridgehead atoms. The SMILES string of the molecule is CS(=O)(=O)N1CC=C(c2nncc3cnc4[nH]ccc4c23)C1. The van der Waals surface area contributed by atoms with Crippen molar-refractivity contribution in [3.63, 3.8) is 0 Å². The van der Waals surface area contributed by atoms with Crippen LogP contribution in [0, 0.1) is 0 Å². The summed E-state index contributed by atoms with van der Waals surface area (Å²) in [6.07, 6.45) is 8.35. The van der Waals surface area contributed by atoms with Crippen molar-refractivity contribution in [2.45, 2.75) is 0 Å². The number of nitrogens with zero attached hydrogens (tertiary/aromatic N) is 4. The molecule has 1 N–H and O–H groups in total. The molecule has 0 radical (unpaired) electrons. The van der Waals surface area contributed by atoms with E-state index in [-0.39, 0.29) is 0 Å². The summed E-state index contributed by atoms with van der Waals surface area (Å²) in [5, 5.41) is 11.1. The predicted octanol–water partition coefficient (Wildman–Crippen LogP) is 1.16. The van der Waals surface area contributed by atoms with Crippen LogP contribution in [0.2, 0.25) is 0 Å². The molecule has 3 aromatic rings. The van der Waals surface area contributed by atoms with Gasteiger partial charge >= 0.3 is 0 Å². The molecule has 0 fully saturated rings. The lowest BCUT2D eigenvalue weighted by Gasteiger charge is -2.13. The lowest BCUT2D eigenvalue weighted by Crippen LogP contribution is -2.27. The Kier molecular flexibility index (Phi) is 2.78. The smallest absolute Gasteiger partial charge is 0.211 e. The van der Waals surface area contributed by atoms with Crippen LogP contribution in [0.1, 0.15) is 5.69 Å². The Balaban J connectivity index is 1.91. The summed E-state index contributed by atoms with van der Waals surface area (Å²) < 4.78 is 24.8. The topological polar surface area (TPSA) is 91.8 Å². The maximum atomic E-state index is 11.7. The molecule has 4 heterocycles. The minimum Gasteiger partial charge on any atom is -0.346 e. The molecular formula is C14H13N5O2S. The zero-order valence-corrected chi connectivity index (χ0v) is 12.6. The van der Waals surface area contributed by atoms with Gasteiger partial charge in [-0.05, 0) is 11.6 Å². The Morgan fingerprint density at radius 2 is 2.18 bits per heavy atom. The van der Waals surface area contributed by atoms with Gasteiger partial charge in [-0.3, -0.25) is 0 Å². The summed E-state index contributed by atoms with van der Waals surface area (Å²) in [6.45, 7) is 0.689. The third-order valence-electron chi connectivity index (χ3n) is 3.87. The molecule has 0 spiro atoms. The highest BCUT2D eigenvalue weighted by Gasteiger charge is 2.25. The van der Waals surface area contributed by atoms with Crippen LogP contribution < -0.4 is 0 Å². The molecule has 0 amide bonds. The maximum absolute atomic E-state index is 11.7. The van der Waals surface area contributed by atoms with Gasteiger partial charge in [0.25, 0.3) is 0 Å². The first kappa shape index (κ1) is 13.4. The second-order valence-corrected chi connectivity index (χ2v) is 7.29. The number of nitrogens with one attached hydrogen (secondary N) is 1. The first-order valence-corrected chi connectivity index (χ1v) is 8.61. The lowest BCUT2D eigenvalue weighted by molar-refractivity contribution is 0.496. The molecule has 0 unspecified atom stereocenters. The van der Waals surface area contributed by atoms with Crippen molar-refractivity contribution in [3.8, 4) is 0 Å². The Morgan fingerprint density at radius 3 is 2.95 bits per heavy atom. The van der Waals surface area contributed by atoms with Crippen LogP contribution in [0.5, 0.6) is 0 Å². The van der Waals surface area contributed by atoms with Crippen molar-refractivity contribution in [1.82, 2.24) is 24.5 Å². The van der Waals surface area contributed by atoms with Crippen molar-refractivity contribution >= 4 is 37.4 Å². The van der Waals surface area contributed by atoms with E-state index in [0.29, 0.717) is 13.1 Å². The molecule has 1 aliphatic heterocycles. The highest BCUT2D eigenvalue weighted by Crippen LogP contribution is 2.30. The van der Waals surface area contributed by atoms with Crippen LogP contribution in [0.4, 0.5) is 0 Å². The number of sulfonamides is 1. The molecule has 0 aromatic carbocycles. The summed E-state index contributed by atoms with van der Waals surface area (Å²) in [4.78, 5) is 7.42. The van der Waals surface area contributed by atoms with Gasteiger partial charge in [0.2, 0.25) is 10.0 Å². The summed E-state index contributed by atoms with van der Waals surface area (Å²) in [6, 6.07) is 1.94. The summed E-state index contributed by atoms with van der Waals surface area (Å²) in [7, 11) is -3.21. The molecule has 0 saturated heterocycles. The fraction of sp³-hybridized carbons (Fsp3) is 0.214. The van der Waals surface area contributed by atoms with E-state index in [9.17, 15) is 8.42 Å². The second kappa shape index (κ2) is 4.59. The fourth-order valence-electron chi connectivity index (χ4n) is 2.76. The summed E-state index contributed by atoms with van der Waals surface area (Å²) >= 11 is 0. The number of aromatic amines is 1. The second-order valence-electron chi connectivity index (χ2n) is 5.31. The van der Waals surface area contributed by atoms with Gasteiger partial charge < -0.3 is 4.98 Å². The van der Waals surface area contributed by atoms with Gasteiger partial charge in [-0.25, -0.2) is 13.4 Å². The average molecular weight is 315 g/mol. The lowest BCUT2D eigenvalue weighted by atomic mass is 10.1. The highest BCUT2D eigenvalue weighted by molar-refractivity contribution is 7.88. The quantitative estimate of drug-likeness (QED) is 0.766. The largest absolute Gasteiger partial charge is 0.346 e.